The maximum atomic E-state index is 12.1. The van der Waals surface area contributed by atoms with Gasteiger partial charge in [-0.1, -0.05) is 0 Å². The van der Waals surface area contributed by atoms with Gasteiger partial charge < -0.3 is 11.5 Å². The van der Waals surface area contributed by atoms with E-state index < -0.39 is 13.6 Å². The Morgan fingerprint density at radius 3 is 1.00 bits per heavy atom. The van der Waals surface area contributed by atoms with Crippen LogP contribution < -0.4 is 11.5 Å². The summed E-state index contributed by atoms with van der Waals surface area (Å²) in [6.45, 7) is 0. The van der Waals surface area contributed by atoms with E-state index in [0.29, 0.717) is 0 Å². The summed E-state index contributed by atoms with van der Waals surface area (Å²) < 4.78 is 17.3. The molecule has 0 atom stereocenters. The molecule has 0 aliphatic rings. The predicted molar refractivity (Wildman–Crippen MR) is 62.4 cm³/mol. The van der Waals surface area contributed by atoms with Gasteiger partial charge in [-0.15, -0.1) is 0 Å². The second-order valence-corrected chi connectivity index (χ2v) is 6.88. The highest BCUT2D eigenvalue weighted by Gasteiger charge is 2.30. The van der Waals surface area contributed by atoms with Crippen LogP contribution >= 0.6 is 7.59 Å². The predicted octanol–water partition coefficient (Wildman–Crippen LogP) is -0.197. The van der Waals surface area contributed by atoms with E-state index >= 15 is 0 Å². The Kier molecular flexibility index (Phi) is 7.60. The average Bonchev–Trinajstić information content (AvgIpc) is 2.00. The fraction of sp³-hybridized carbons (Fsp3) is 0.857. The summed E-state index contributed by atoms with van der Waals surface area (Å²) in [5, 5.41) is 0. The van der Waals surface area contributed by atoms with Crippen LogP contribution in [0.25, 0.3) is 0 Å². The normalized spacial score (nSPS) is 11.5. The molecule has 0 aromatic heterocycles. The van der Waals surface area contributed by atoms with Gasteiger partial charge in [0.05, 0.1) is 0 Å². The first-order valence-electron chi connectivity index (χ1n) is 4.25. The third-order valence-corrected chi connectivity index (χ3v) is 4.69. The summed E-state index contributed by atoms with van der Waals surface area (Å²) in [6.07, 6.45) is 0. The van der Waals surface area contributed by atoms with E-state index in [1.54, 1.807) is 14.0 Å². The highest BCUT2D eigenvalue weighted by Crippen LogP contribution is 2.50. The summed E-state index contributed by atoms with van der Waals surface area (Å²) in [4.78, 5) is 9.00. The number of amides is 2. The van der Waals surface area contributed by atoms with E-state index in [-0.39, 0.29) is 0 Å². The molecule has 15 heavy (non-hydrogen) atoms. The van der Waals surface area contributed by atoms with Crippen LogP contribution in [0, 0.1) is 0 Å². The summed E-state index contributed by atoms with van der Waals surface area (Å²) in [5.41, 5.74) is 8.50. The van der Waals surface area contributed by atoms with Crippen LogP contribution in [0.1, 0.15) is 0 Å². The Bertz CT molecular complexity index is 209. The van der Waals surface area contributed by atoms with Gasteiger partial charge >= 0.3 is 6.03 Å². The molecule has 0 saturated carbocycles. The van der Waals surface area contributed by atoms with Gasteiger partial charge in [0.1, 0.15) is 0 Å². The molecular weight excluding hydrogens is 217 g/mol. The number of hydrogen-bond donors (Lipinski definition) is 2. The maximum absolute atomic E-state index is 12.1. The van der Waals surface area contributed by atoms with Crippen molar-refractivity contribution in [2.45, 2.75) is 0 Å². The molecular formula is C7H22N5O2P. The lowest BCUT2D eigenvalue weighted by atomic mass is 11.2. The standard InChI is InChI=1S/C6H18N3OP.CH4N2O/c1-7(2)11(10,8(3)4)9(5)6;2-1(3)4/h1-6H3;(H4,2,3,4). The third-order valence-electron chi connectivity index (χ3n) is 1.56. The Balaban J connectivity index is 0. The zero-order valence-electron chi connectivity index (χ0n) is 10.3. The van der Waals surface area contributed by atoms with Crippen LogP contribution in [0.2, 0.25) is 0 Å². The first-order valence-corrected chi connectivity index (χ1v) is 5.81. The van der Waals surface area contributed by atoms with Crippen LogP contribution in [-0.2, 0) is 4.57 Å². The number of nitrogens with two attached hydrogens (primary N) is 2. The minimum Gasteiger partial charge on any atom is -0.352 e. The van der Waals surface area contributed by atoms with Gasteiger partial charge in [-0.2, -0.15) is 0 Å². The number of primary amides is 2. The van der Waals surface area contributed by atoms with Gasteiger partial charge in [0.25, 0.3) is 7.59 Å². The molecule has 4 N–H and O–H groups in total. The third kappa shape index (κ3) is 5.74. The van der Waals surface area contributed by atoms with Gasteiger partial charge in [-0.25, -0.2) is 18.8 Å². The lowest BCUT2D eigenvalue weighted by Gasteiger charge is -2.34. The molecule has 0 unspecified atom stereocenters. The van der Waals surface area contributed by atoms with E-state index in [2.05, 4.69) is 11.5 Å². The molecule has 2 amide bonds. The molecule has 7 nitrogen and oxygen atoms in total. The second kappa shape index (κ2) is 6.79. The van der Waals surface area contributed by atoms with Crippen molar-refractivity contribution in [3.05, 3.63) is 0 Å². The van der Waals surface area contributed by atoms with Crippen molar-refractivity contribution in [1.82, 2.24) is 14.0 Å². The Hall–Kier alpha value is -0.620. The van der Waals surface area contributed by atoms with Gasteiger partial charge in [0.15, 0.2) is 0 Å². The Morgan fingerprint density at radius 2 is 1.00 bits per heavy atom. The van der Waals surface area contributed by atoms with Crippen LogP contribution in [0.4, 0.5) is 4.79 Å². The van der Waals surface area contributed by atoms with Gasteiger partial charge in [-0.3, -0.25) is 4.57 Å². The number of carbonyl (C=O) groups excluding carboxylic acids is 1. The number of nitrogens with zero attached hydrogens (tertiary/aromatic N) is 3. The molecule has 0 aromatic rings. The van der Waals surface area contributed by atoms with E-state index in [1.165, 1.54) is 0 Å². The Morgan fingerprint density at radius 1 is 0.867 bits per heavy atom. The van der Waals surface area contributed by atoms with Crippen LogP contribution in [-0.4, -0.2) is 62.3 Å². The van der Waals surface area contributed by atoms with Crippen molar-refractivity contribution < 1.29 is 9.36 Å². The zero-order chi connectivity index (χ0) is 12.8. The van der Waals surface area contributed by atoms with Gasteiger partial charge in [0.2, 0.25) is 0 Å². The highest BCUT2D eigenvalue weighted by molar-refractivity contribution is 7.56. The van der Waals surface area contributed by atoms with Crippen molar-refractivity contribution in [2.24, 2.45) is 11.5 Å². The summed E-state index contributed by atoms with van der Waals surface area (Å²) in [6, 6.07) is -0.833. The smallest absolute Gasteiger partial charge is 0.309 e. The number of carbonyl (C=O) groups is 1. The molecule has 0 radical (unpaired) electrons. The molecule has 0 aliphatic carbocycles. The largest absolute Gasteiger partial charge is 0.352 e. The topological polar surface area (TPSA) is 95.9 Å². The molecule has 0 saturated heterocycles. The lowest BCUT2D eigenvalue weighted by Crippen LogP contribution is -2.30. The van der Waals surface area contributed by atoms with Crippen molar-refractivity contribution in [3.8, 4) is 0 Å². The van der Waals surface area contributed by atoms with Crippen LogP contribution in [0.3, 0.4) is 0 Å². The van der Waals surface area contributed by atoms with Crippen molar-refractivity contribution >= 4 is 13.6 Å². The SMILES string of the molecule is CN(C)P(=O)(N(C)C)N(C)C.NC(N)=O. The van der Waals surface area contributed by atoms with E-state index in [9.17, 15) is 4.57 Å². The van der Waals surface area contributed by atoms with Crippen molar-refractivity contribution in [3.63, 3.8) is 0 Å². The quantitative estimate of drug-likeness (QED) is 0.665. The molecule has 0 aromatic carbocycles. The highest BCUT2D eigenvalue weighted by atomic mass is 31.2. The monoisotopic (exact) mass is 239 g/mol. The molecule has 0 spiro atoms. The second-order valence-electron chi connectivity index (χ2n) is 3.46. The van der Waals surface area contributed by atoms with E-state index in [4.69, 9.17) is 4.79 Å². The molecule has 8 heteroatoms. The molecule has 0 fully saturated rings. The molecule has 0 heterocycles. The van der Waals surface area contributed by atoms with Crippen molar-refractivity contribution in [1.29, 1.82) is 0 Å². The van der Waals surface area contributed by atoms with Gasteiger partial charge in [0, 0.05) is 0 Å². The minimum absolute atomic E-state index is 0.833. The van der Waals surface area contributed by atoms with Gasteiger partial charge in [-0.05, 0) is 42.3 Å². The number of hydrogen-bond acceptors (Lipinski definition) is 2. The molecule has 0 bridgehead atoms. The number of urea groups is 1. The fourth-order valence-electron chi connectivity index (χ4n) is 1.07. The average molecular weight is 239 g/mol. The Labute approximate surface area is 91.5 Å². The number of rotatable bonds is 3. The summed E-state index contributed by atoms with van der Waals surface area (Å²) in [7, 11) is 8.49. The lowest BCUT2D eigenvalue weighted by molar-refractivity contribution is 0.256. The first-order chi connectivity index (χ1) is 6.56. The minimum atomic E-state index is -2.44. The zero-order valence-corrected chi connectivity index (χ0v) is 11.2. The fourth-order valence-corrected chi connectivity index (χ4v) is 3.22. The first kappa shape index (κ1) is 16.8. The van der Waals surface area contributed by atoms with Crippen molar-refractivity contribution in [2.75, 3.05) is 42.3 Å². The molecule has 0 rings (SSSR count). The summed E-state index contributed by atoms with van der Waals surface area (Å²) >= 11 is 0. The molecule has 92 valence electrons. The van der Waals surface area contributed by atoms with E-state index in [0.717, 1.165) is 0 Å². The van der Waals surface area contributed by atoms with E-state index in [1.807, 2.05) is 42.3 Å². The van der Waals surface area contributed by atoms with Crippen LogP contribution in [0.15, 0.2) is 0 Å². The van der Waals surface area contributed by atoms with Crippen LogP contribution in [0.5, 0.6) is 0 Å². The summed E-state index contributed by atoms with van der Waals surface area (Å²) in [5.74, 6) is 0. The maximum Gasteiger partial charge on any atom is 0.309 e. The molecule has 0 aliphatic heterocycles.